The molecule has 1 aromatic carbocycles. The van der Waals surface area contributed by atoms with Crippen LogP contribution in [0, 0.1) is 0 Å². The highest BCUT2D eigenvalue weighted by molar-refractivity contribution is 7.98. The maximum absolute atomic E-state index is 8.87. The van der Waals surface area contributed by atoms with E-state index >= 15 is 0 Å². The van der Waals surface area contributed by atoms with Gasteiger partial charge in [0.15, 0.2) is 5.82 Å². The minimum Gasteiger partial charge on any atom is -0.394 e. The van der Waals surface area contributed by atoms with Crippen molar-refractivity contribution in [2.45, 2.75) is 16.7 Å². The summed E-state index contributed by atoms with van der Waals surface area (Å²) in [5, 5.41) is 13.3. The Bertz CT molecular complexity index is 520. The zero-order valence-corrected chi connectivity index (χ0v) is 11.0. The van der Waals surface area contributed by atoms with Crippen LogP contribution in [0.25, 0.3) is 0 Å². The molecular formula is C11H12ClN3O2S. The van der Waals surface area contributed by atoms with E-state index in [1.807, 2.05) is 24.3 Å². The Hall–Kier alpha value is -1.08. The topological polar surface area (TPSA) is 85.2 Å². The average Bonchev–Trinajstić information content (AvgIpc) is 2.86. The number of hydrogen-bond acceptors (Lipinski definition) is 6. The maximum Gasteiger partial charge on any atom is 0.245 e. The van der Waals surface area contributed by atoms with Crippen molar-refractivity contribution < 1.29 is 9.63 Å². The van der Waals surface area contributed by atoms with Crippen molar-refractivity contribution in [3.05, 3.63) is 41.0 Å². The molecule has 1 aromatic heterocycles. The van der Waals surface area contributed by atoms with E-state index in [4.69, 9.17) is 27.0 Å². The van der Waals surface area contributed by atoms with Gasteiger partial charge in [0, 0.05) is 4.90 Å². The van der Waals surface area contributed by atoms with Crippen molar-refractivity contribution in [2.24, 2.45) is 5.73 Å². The molecule has 0 unspecified atom stereocenters. The first kappa shape index (κ1) is 13.4. The van der Waals surface area contributed by atoms with Crippen LogP contribution in [0.3, 0.4) is 0 Å². The van der Waals surface area contributed by atoms with Crippen molar-refractivity contribution in [3.8, 4) is 0 Å². The van der Waals surface area contributed by atoms with Crippen LogP contribution >= 0.6 is 23.4 Å². The first-order chi connectivity index (χ1) is 8.70. The summed E-state index contributed by atoms with van der Waals surface area (Å²) in [5.41, 5.74) is 5.56. The molecule has 0 bridgehead atoms. The summed E-state index contributed by atoms with van der Waals surface area (Å²) in [6.45, 7) is -0.223. The van der Waals surface area contributed by atoms with Crippen LogP contribution in [0.1, 0.15) is 17.8 Å². The number of thioether (sulfide) groups is 1. The minimum atomic E-state index is -0.628. The quantitative estimate of drug-likeness (QED) is 0.818. The smallest absolute Gasteiger partial charge is 0.245 e. The number of nitrogens with two attached hydrogens (primary N) is 1. The predicted octanol–water partition coefficient (Wildman–Crippen LogP) is 2.01. The molecule has 3 N–H and O–H groups in total. The van der Waals surface area contributed by atoms with Crippen molar-refractivity contribution in [1.82, 2.24) is 10.1 Å². The monoisotopic (exact) mass is 285 g/mol. The van der Waals surface area contributed by atoms with Gasteiger partial charge in [-0.2, -0.15) is 4.98 Å². The summed E-state index contributed by atoms with van der Waals surface area (Å²) in [5.74, 6) is 1.30. The van der Waals surface area contributed by atoms with E-state index in [0.717, 1.165) is 4.90 Å². The zero-order chi connectivity index (χ0) is 13.0. The van der Waals surface area contributed by atoms with Gasteiger partial charge in [0.1, 0.15) is 6.04 Å². The first-order valence-electron chi connectivity index (χ1n) is 5.27. The molecule has 0 spiro atoms. The van der Waals surface area contributed by atoms with E-state index in [1.165, 1.54) is 11.8 Å². The van der Waals surface area contributed by atoms with Gasteiger partial charge in [0.25, 0.3) is 0 Å². The van der Waals surface area contributed by atoms with E-state index < -0.39 is 6.04 Å². The Morgan fingerprint density at radius 2 is 2.22 bits per heavy atom. The van der Waals surface area contributed by atoms with Crippen LogP contribution in [0.15, 0.2) is 33.7 Å². The lowest BCUT2D eigenvalue weighted by Crippen LogP contribution is -2.14. The van der Waals surface area contributed by atoms with Crippen molar-refractivity contribution in [2.75, 3.05) is 6.61 Å². The van der Waals surface area contributed by atoms with Crippen LogP contribution in [0.2, 0.25) is 5.02 Å². The van der Waals surface area contributed by atoms with Gasteiger partial charge in [0.05, 0.1) is 17.4 Å². The van der Waals surface area contributed by atoms with Crippen LogP contribution in [0.5, 0.6) is 0 Å². The summed E-state index contributed by atoms with van der Waals surface area (Å²) < 4.78 is 4.94. The highest BCUT2D eigenvalue weighted by atomic mass is 35.5. The first-order valence-corrected chi connectivity index (χ1v) is 6.63. The third-order valence-electron chi connectivity index (χ3n) is 2.19. The SMILES string of the molecule is N[C@@H](CO)c1nc(CSc2ccccc2Cl)no1. The largest absolute Gasteiger partial charge is 0.394 e. The predicted molar refractivity (Wildman–Crippen MR) is 69.3 cm³/mol. The van der Waals surface area contributed by atoms with Crippen LogP contribution in [-0.4, -0.2) is 21.9 Å². The highest BCUT2D eigenvalue weighted by Crippen LogP contribution is 2.28. The van der Waals surface area contributed by atoms with E-state index in [0.29, 0.717) is 16.6 Å². The second kappa shape index (κ2) is 6.19. The number of aromatic nitrogens is 2. The molecule has 0 saturated heterocycles. The fraction of sp³-hybridized carbons (Fsp3) is 0.273. The number of benzene rings is 1. The molecule has 0 radical (unpaired) electrons. The van der Waals surface area contributed by atoms with E-state index in [9.17, 15) is 0 Å². The Kier molecular flexibility index (Phi) is 4.60. The van der Waals surface area contributed by atoms with Gasteiger partial charge in [-0.3, -0.25) is 0 Å². The summed E-state index contributed by atoms with van der Waals surface area (Å²) >= 11 is 7.54. The van der Waals surface area contributed by atoms with Gasteiger partial charge in [-0.1, -0.05) is 28.9 Å². The third-order valence-corrected chi connectivity index (χ3v) is 3.70. The van der Waals surface area contributed by atoms with E-state index in [1.54, 1.807) is 0 Å². The molecule has 0 fully saturated rings. The van der Waals surface area contributed by atoms with Gasteiger partial charge in [-0.25, -0.2) is 0 Å². The minimum absolute atomic E-state index is 0.223. The van der Waals surface area contributed by atoms with Gasteiger partial charge in [0.2, 0.25) is 5.89 Å². The van der Waals surface area contributed by atoms with Crippen LogP contribution in [0.4, 0.5) is 0 Å². The summed E-state index contributed by atoms with van der Waals surface area (Å²) in [4.78, 5) is 5.05. The molecule has 0 saturated carbocycles. The third kappa shape index (κ3) is 3.23. The molecule has 0 aliphatic heterocycles. The van der Waals surface area contributed by atoms with E-state index in [2.05, 4.69) is 10.1 Å². The number of nitrogens with zero attached hydrogens (tertiary/aromatic N) is 2. The van der Waals surface area contributed by atoms with Crippen LogP contribution in [-0.2, 0) is 5.75 Å². The molecule has 5 nitrogen and oxygen atoms in total. The molecule has 0 aliphatic rings. The fourth-order valence-electron chi connectivity index (χ4n) is 1.26. The van der Waals surface area contributed by atoms with Crippen molar-refractivity contribution in [3.63, 3.8) is 0 Å². The molecule has 7 heteroatoms. The van der Waals surface area contributed by atoms with Crippen LogP contribution < -0.4 is 5.73 Å². The highest BCUT2D eigenvalue weighted by Gasteiger charge is 2.13. The Morgan fingerprint density at radius 3 is 2.94 bits per heavy atom. The Morgan fingerprint density at radius 1 is 1.44 bits per heavy atom. The van der Waals surface area contributed by atoms with Crippen molar-refractivity contribution in [1.29, 1.82) is 0 Å². The second-order valence-corrected chi connectivity index (χ2v) is 4.98. The summed E-state index contributed by atoms with van der Waals surface area (Å²) in [6.07, 6.45) is 0. The van der Waals surface area contributed by atoms with Gasteiger partial charge >= 0.3 is 0 Å². The molecule has 1 heterocycles. The number of aliphatic hydroxyl groups is 1. The Balaban J connectivity index is 1.98. The molecular weight excluding hydrogens is 274 g/mol. The van der Waals surface area contributed by atoms with Gasteiger partial charge in [-0.15, -0.1) is 11.8 Å². The second-order valence-electron chi connectivity index (χ2n) is 3.56. The lowest BCUT2D eigenvalue weighted by atomic mass is 10.3. The lowest BCUT2D eigenvalue weighted by molar-refractivity contribution is 0.236. The number of hydrogen-bond donors (Lipinski definition) is 2. The average molecular weight is 286 g/mol. The van der Waals surface area contributed by atoms with Gasteiger partial charge < -0.3 is 15.4 Å². The standard InChI is InChI=1S/C11H12ClN3O2S/c12-7-3-1-2-4-9(7)18-6-10-14-11(17-15-10)8(13)5-16/h1-4,8,16H,5-6,13H2/t8-/m0/s1. The molecule has 2 aromatic rings. The zero-order valence-electron chi connectivity index (χ0n) is 9.41. The number of halogens is 1. The number of aliphatic hydroxyl groups excluding tert-OH is 1. The molecule has 0 aliphatic carbocycles. The van der Waals surface area contributed by atoms with Gasteiger partial charge in [-0.05, 0) is 12.1 Å². The number of rotatable bonds is 5. The summed E-state index contributed by atoms with van der Waals surface area (Å²) in [6, 6.07) is 6.91. The molecule has 0 amide bonds. The molecule has 1 atom stereocenters. The fourth-order valence-corrected chi connectivity index (χ4v) is 2.34. The van der Waals surface area contributed by atoms with Crippen molar-refractivity contribution >= 4 is 23.4 Å². The lowest BCUT2D eigenvalue weighted by Gasteiger charge is -2.00. The summed E-state index contributed by atoms with van der Waals surface area (Å²) in [7, 11) is 0. The normalized spacial score (nSPS) is 12.6. The Labute approximate surface area is 113 Å². The molecule has 18 heavy (non-hydrogen) atoms. The van der Waals surface area contributed by atoms with E-state index in [-0.39, 0.29) is 12.5 Å². The molecule has 2 rings (SSSR count). The maximum atomic E-state index is 8.87. The molecule has 96 valence electrons.